The van der Waals surface area contributed by atoms with Gasteiger partial charge in [0.1, 0.15) is 0 Å². The molecule has 80 valence electrons. The van der Waals surface area contributed by atoms with E-state index < -0.39 is 0 Å². The van der Waals surface area contributed by atoms with Crippen molar-refractivity contribution in [1.29, 1.82) is 0 Å². The summed E-state index contributed by atoms with van der Waals surface area (Å²) in [6.45, 7) is 0. The van der Waals surface area contributed by atoms with E-state index in [2.05, 4.69) is 0 Å². The van der Waals surface area contributed by atoms with Crippen LogP contribution in [0, 0.1) is 0 Å². The second-order valence-corrected chi connectivity index (χ2v) is 3.08. The third kappa shape index (κ3) is 7.34. The summed E-state index contributed by atoms with van der Waals surface area (Å²) in [5, 5.41) is 0. The summed E-state index contributed by atoms with van der Waals surface area (Å²) in [4.78, 5) is 0. The first-order valence-electron chi connectivity index (χ1n) is 5.33. The Morgan fingerprint density at radius 3 is 0.250 bits per heavy atom. The maximum Gasteiger partial charge on any atom is -0.0623 e. The molecule has 1 aliphatic rings. The highest BCUT2D eigenvalue weighted by molar-refractivity contribution is 5.23. The van der Waals surface area contributed by atoms with E-state index in [0.717, 1.165) is 0 Å². The fraction of sp³-hybridized carbons (Fsp3) is 0. The van der Waals surface area contributed by atoms with Crippen LogP contribution >= 0.6 is 0 Å². The number of hydrogen-bond acceptors (Lipinski definition) is 0. The molecule has 0 spiro atoms. The summed E-state index contributed by atoms with van der Waals surface area (Å²) in [6, 6.07) is 0. The van der Waals surface area contributed by atoms with E-state index in [1.54, 1.807) is 0 Å². The molecule has 0 fully saturated rings. The lowest BCUT2D eigenvalue weighted by Gasteiger charge is -1.77. The molecule has 16 heavy (non-hydrogen) atoms. The first-order valence-corrected chi connectivity index (χ1v) is 5.33. The number of hydrogen-bond donors (Lipinski definition) is 0. The summed E-state index contributed by atoms with van der Waals surface area (Å²) in [7, 11) is 0. The molecule has 1 aliphatic carbocycles. The van der Waals surface area contributed by atoms with Gasteiger partial charge in [0, 0.05) is 0 Å². The van der Waals surface area contributed by atoms with Crippen molar-refractivity contribution in [2.45, 2.75) is 0 Å². The van der Waals surface area contributed by atoms with Crippen molar-refractivity contribution in [1.82, 2.24) is 0 Å². The van der Waals surface area contributed by atoms with Crippen LogP contribution in [0.2, 0.25) is 0 Å². The van der Waals surface area contributed by atoms with E-state index in [1.807, 2.05) is 97.2 Å². The van der Waals surface area contributed by atoms with Crippen LogP contribution in [0.4, 0.5) is 0 Å². The predicted molar refractivity (Wildman–Crippen MR) is 73.1 cm³/mol. The van der Waals surface area contributed by atoms with Gasteiger partial charge in [0.25, 0.3) is 0 Å². The molecule has 0 bridgehead atoms. The minimum Gasteiger partial charge on any atom is -0.0623 e. The van der Waals surface area contributed by atoms with Gasteiger partial charge >= 0.3 is 0 Å². The molecule has 0 radical (unpaired) electrons. The zero-order valence-corrected chi connectivity index (χ0v) is 9.24. The van der Waals surface area contributed by atoms with Gasteiger partial charge in [0.15, 0.2) is 0 Å². The molecule has 0 N–H and O–H groups in total. The van der Waals surface area contributed by atoms with E-state index in [9.17, 15) is 0 Å². The molecule has 0 heteroatoms. The predicted octanol–water partition coefficient (Wildman–Crippen LogP) is 4.45. The zero-order valence-electron chi connectivity index (χ0n) is 9.24. The fourth-order valence-corrected chi connectivity index (χ4v) is 1.03. The van der Waals surface area contributed by atoms with Crippen molar-refractivity contribution in [2.75, 3.05) is 0 Å². The van der Waals surface area contributed by atoms with Crippen molar-refractivity contribution in [3.8, 4) is 0 Å². The molecule has 0 aromatic rings. The highest BCUT2D eigenvalue weighted by Gasteiger charge is 1.66. The molecule has 0 saturated heterocycles. The van der Waals surface area contributed by atoms with Gasteiger partial charge in [0.05, 0.1) is 0 Å². The average Bonchev–Trinajstić information content (AvgIpc) is 2.29. The molecule has 0 aromatic carbocycles. The van der Waals surface area contributed by atoms with Crippen LogP contribution in [-0.2, 0) is 0 Å². The van der Waals surface area contributed by atoms with E-state index in [4.69, 9.17) is 0 Å². The van der Waals surface area contributed by atoms with Crippen molar-refractivity contribution in [3.63, 3.8) is 0 Å². The smallest absolute Gasteiger partial charge is 0.0623 e. The first-order chi connectivity index (χ1) is 8.00. The van der Waals surface area contributed by atoms with E-state index in [0.29, 0.717) is 0 Å². The summed E-state index contributed by atoms with van der Waals surface area (Å²) < 4.78 is 0. The molecule has 0 unspecified atom stereocenters. The Labute approximate surface area is 97.7 Å². The Morgan fingerprint density at radius 1 is 0.125 bits per heavy atom. The molecule has 0 amide bonds. The Bertz CT molecular complexity index is 242. The molecule has 0 atom stereocenters. The zero-order chi connectivity index (χ0) is 11.3. The van der Waals surface area contributed by atoms with Gasteiger partial charge < -0.3 is 0 Å². The third-order valence-electron chi connectivity index (χ3n) is 1.78. The summed E-state index contributed by atoms with van der Waals surface area (Å²) in [6.07, 6.45) is 32.0. The van der Waals surface area contributed by atoms with Gasteiger partial charge in [-0.3, -0.25) is 0 Å². The van der Waals surface area contributed by atoms with E-state index >= 15 is 0 Å². The van der Waals surface area contributed by atoms with Crippen LogP contribution in [-0.4, -0.2) is 0 Å². The fourth-order valence-electron chi connectivity index (χ4n) is 1.03. The maximum atomic E-state index is 2.00. The quantitative estimate of drug-likeness (QED) is 0.551. The van der Waals surface area contributed by atoms with Crippen LogP contribution in [0.1, 0.15) is 0 Å². The molecule has 0 aliphatic heterocycles. The van der Waals surface area contributed by atoms with Crippen molar-refractivity contribution < 1.29 is 0 Å². The van der Waals surface area contributed by atoms with Gasteiger partial charge in [-0.2, -0.15) is 0 Å². The van der Waals surface area contributed by atoms with Crippen LogP contribution in [0.15, 0.2) is 97.2 Å². The third-order valence-corrected chi connectivity index (χ3v) is 1.78. The van der Waals surface area contributed by atoms with Crippen molar-refractivity contribution in [3.05, 3.63) is 97.2 Å². The lowest BCUT2D eigenvalue weighted by molar-refractivity contribution is 1.81. The molecule has 0 heterocycles. The molecule has 1 rings (SSSR count). The Hall–Kier alpha value is -2.08. The van der Waals surface area contributed by atoms with E-state index in [1.165, 1.54) is 0 Å². The number of rotatable bonds is 0. The molecular weight excluding hydrogens is 192 g/mol. The number of allylic oxidation sites excluding steroid dienone is 16. The van der Waals surface area contributed by atoms with Crippen LogP contribution < -0.4 is 0 Å². The topological polar surface area (TPSA) is 0 Å². The normalized spacial score (nSPS) is 28.0. The second kappa shape index (κ2) is 9.47. The summed E-state index contributed by atoms with van der Waals surface area (Å²) in [5.74, 6) is 0. The van der Waals surface area contributed by atoms with Gasteiger partial charge in [-0.25, -0.2) is 0 Å². The Kier molecular flexibility index (Phi) is 7.10. The van der Waals surface area contributed by atoms with Crippen molar-refractivity contribution >= 4 is 0 Å². The highest BCUT2D eigenvalue weighted by Crippen LogP contribution is 1.88. The van der Waals surface area contributed by atoms with Gasteiger partial charge in [-0.1, -0.05) is 97.2 Å². The monoisotopic (exact) mass is 208 g/mol. The summed E-state index contributed by atoms with van der Waals surface area (Å²) in [5.41, 5.74) is 0. The van der Waals surface area contributed by atoms with Gasteiger partial charge in [-0.05, 0) is 0 Å². The Morgan fingerprint density at radius 2 is 0.188 bits per heavy atom. The SMILES string of the molecule is C1=C/C=C/C=C\C=C\C=C\C=C/C=C/C=C1. The van der Waals surface area contributed by atoms with Crippen LogP contribution in [0.25, 0.3) is 0 Å². The molecule has 0 nitrogen and oxygen atoms in total. The summed E-state index contributed by atoms with van der Waals surface area (Å²) >= 11 is 0. The maximum absolute atomic E-state index is 2.00. The van der Waals surface area contributed by atoms with Gasteiger partial charge in [-0.15, -0.1) is 0 Å². The first kappa shape index (κ1) is 12.0. The van der Waals surface area contributed by atoms with Crippen molar-refractivity contribution in [2.24, 2.45) is 0 Å². The second-order valence-electron chi connectivity index (χ2n) is 3.08. The highest BCUT2D eigenvalue weighted by atomic mass is 13.7. The van der Waals surface area contributed by atoms with Crippen LogP contribution in [0.3, 0.4) is 0 Å². The average molecular weight is 208 g/mol. The molecule has 0 saturated carbocycles. The minimum absolute atomic E-state index is 2.00. The Balaban J connectivity index is 2.67. The van der Waals surface area contributed by atoms with Gasteiger partial charge in [0.2, 0.25) is 0 Å². The molecule has 0 aromatic heterocycles. The lowest BCUT2D eigenvalue weighted by atomic mass is 10.3. The largest absolute Gasteiger partial charge is 0.0623 e. The van der Waals surface area contributed by atoms with E-state index in [-0.39, 0.29) is 0 Å². The molecular formula is C16H16. The standard InChI is InChI=1S/C16H16/c1-2-4-6-8-10-12-14-16-15-13-11-9-7-5-3-1/h1-16H/b2-1-,3-1?,4-2?,5-3+,6-4+,7-5?,8-6?,9-7+,10-8?,11-9?,12-10?,13-11-,14-12?,15-13?,16-14?,16-15+. The minimum atomic E-state index is 2.00. The van der Waals surface area contributed by atoms with Crippen LogP contribution in [0.5, 0.6) is 0 Å². The lowest BCUT2D eigenvalue weighted by Crippen LogP contribution is -1.55.